The highest BCUT2D eigenvalue weighted by Crippen LogP contribution is 2.14. The summed E-state index contributed by atoms with van der Waals surface area (Å²) in [5.41, 5.74) is 0. The Labute approximate surface area is 103 Å². The highest BCUT2D eigenvalue weighted by atomic mass is 16.5. The summed E-state index contributed by atoms with van der Waals surface area (Å²) >= 11 is 0. The summed E-state index contributed by atoms with van der Waals surface area (Å²) in [5, 5.41) is 3.23. The minimum absolute atomic E-state index is 0.102. The molecule has 1 rings (SSSR count). The Morgan fingerprint density at radius 1 is 1.53 bits per heavy atom. The van der Waals surface area contributed by atoms with Gasteiger partial charge >= 0.3 is 5.97 Å². The van der Waals surface area contributed by atoms with E-state index in [-0.39, 0.29) is 24.2 Å². The van der Waals surface area contributed by atoms with E-state index in [1.54, 1.807) is 7.11 Å². The third-order valence-electron chi connectivity index (χ3n) is 3.42. The van der Waals surface area contributed by atoms with Gasteiger partial charge in [-0.05, 0) is 20.8 Å². The van der Waals surface area contributed by atoms with Crippen LogP contribution in [-0.2, 0) is 14.3 Å². The second kappa shape index (κ2) is 6.93. The number of nitrogens with one attached hydrogen (secondary N) is 1. The van der Waals surface area contributed by atoms with Crippen molar-refractivity contribution in [2.75, 3.05) is 33.4 Å². The summed E-state index contributed by atoms with van der Waals surface area (Å²) in [4.78, 5) is 14.0. The first-order valence-electron chi connectivity index (χ1n) is 6.27. The number of rotatable bonds is 5. The zero-order chi connectivity index (χ0) is 12.8. The van der Waals surface area contributed by atoms with Crippen molar-refractivity contribution in [3.63, 3.8) is 0 Å². The molecule has 1 saturated heterocycles. The molecule has 1 aliphatic heterocycles. The van der Waals surface area contributed by atoms with Crippen LogP contribution in [0, 0.1) is 0 Å². The van der Waals surface area contributed by atoms with Crippen LogP contribution in [0.2, 0.25) is 0 Å². The SMILES string of the molecule is CCOC(=O)C1CNCCN1C(C)C(C)OC. The normalized spacial score (nSPS) is 25.3. The van der Waals surface area contributed by atoms with Gasteiger partial charge in [-0.1, -0.05) is 0 Å². The number of hydrogen-bond acceptors (Lipinski definition) is 5. The van der Waals surface area contributed by atoms with E-state index in [9.17, 15) is 4.79 Å². The zero-order valence-corrected chi connectivity index (χ0v) is 11.2. The van der Waals surface area contributed by atoms with Crippen molar-refractivity contribution in [3.05, 3.63) is 0 Å². The van der Waals surface area contributed by atoms with Gasteiger partial charge in [0.25, 0.3) is 0 Å². The summed E-state index contributed by atoms with van der Waals surface area (Å²) < 4.78 is 10.5. The second-order valence-corrected chi connectivity index (χ2v) is 4.39. The lowest BCUT2D eigenvalue weighted by Gasteiger charge is -2.40. The Balaban J connectivity index is 2.68. The van der Waals surface area contributed by atoms with Gasteiger partial charge in [0, 0.05) is 32.8 Å². The summed E-state index contributed by atoms with van der Waals surface area (Å²) in [6.07, 6.45) is 0.102. The fraction of sp³-hybridized carbons (Fsp3) is 0.917. The van der Waals surface area contributed by atoms with Gasteiger partial charge in [-0.3, -0.25) is 9.69 Å². The van der Waals surface area contributed by atoms with E-state index in [0.717, 1.165) is 13.1 Å². The maximum atomic E-state index is 11.9. The van der Waals surface area contributed by atoms with E-state index in [1.807, 2.05) is 13.8 Å². The van der Waals surface area contributed by atoms with E-state index in [0.29, 0.717) is 13.2 Å². The van der Waals surface area contributed by atoms with Gasteiger partial charge in [0.15, 0.2) is 0 Å². The molecule has 1 N–H and O–H groups in total. The Hall–Kier alpha value is -0.650. The molecule has 5 nitrogen and oxygen atoms in total. The molecule has 1 heterocycles. The highest BCUT2D eigenvalue weighted by molar-refractivity contribution is 5.76. The van der Waals surface area contributed by atoms with Crippen molar-refractivity contribution in [1.29, 1.82) is 0 Å². The third kappa shape index (κ3) is 3.66. The summed E-state index contributed by atoms with van der Waals surface area (Å²) in [6, 6.07) is 0.00723. The Morgan fingerprint density at radius 2 is 2.24 bits per heavy atom. The van der Waals surface area contributed by atoms with Gasteiger partial charge < -0.3 is 14.8 Å². The van der Waals surface area contributed by atoms with E-state index < -0.39 is 0 Å². The molecule has 100 valence electrons. The first-order chi connectivity index (χ1) is 8.11. The lowest BCUT2D eigenvalue weighted by atomic mass is 10.1. The standard InChI is InChI=1S/C12H24N2O3/c1-5-17-12(15)11-8-13-6-7-14(11)9(2)10(3)16-4/h9-11,13H,5-8H2,1-4H3. The molecule has 0 amide bonds. The molecule has 17 heavy (non-hydrogen) atoms. The predicted octanol–water partition coefficient (Wildman–Crippen LogP) is 0.247. The Morgan fingerprint density at radius 3 is 2.82 bits per heavy atom. The lowest BCUT2D eigenvalue weighted by Crippen LogP contribution is -2.60. The summed E-state index contributed by atoms with van der Waals surface area (Å²) in [5.74, 6) is -0.144. The molecule has 3 atom stereocenters. The smallest absolute Gasteiger partial charge is 0.324 e. The zero-order valence-electron chi connectivity index (χ0n) is 11.2. The minimum atomic E-state index is -0.198. The van der Waals surface area contributed by atoms with Crippen molar-refractivity contribution < 1.29 is 14.3 Å². The molecule has 0 radical (unpaired) electrons. The van der Waals surface area contributed by atoms with E-state index in [4.69, 9.17) is 9.47 Å². The van der Waals surface area contributed by atoms with Crippen LogP contribution in [0.5, 0.6) is 0 Å². The second-order valence-electron chi connectivity index (χ2n) is 4.39. The quantitative estimate of drug-likeness (QED) is 0.702. The number of piperazine rings is 1. The van der Waals surface area contributed by atoms with E-state index in [2.05, 4.69) is 17.1 Å². The van der Waals surface area contributed by atoms with Crippen molar-refractivity contribution in [3.8, 4) is 0 Å². The van der Waals surface area contributed by atoms with E-state index >= 15 is 0 Å². The van der Waals surface area contributed by atoms with Crippen LogP contribution in [0.4, 0.5) is 0 Å². The van der Waals surface area contributed by atoms with Gasteiger partial charge in [-0.25, -0.2) is 0 Å². The minimum Gasteiger partial charge on any atom is -0.465 e. The molecule has 0 spiro atoms. The van der Waals surface area contributed by atoms with Gasteiger partial charge in [-0.15, -0.1) is 0 Å². The Kier molecular flexibility index (Phi) is 5.88. The number of nitrogens with zero attached hydrogens (tertiary/aromatic N) is 1. The fourth-order valence-electron chi connectivity index (χ4n) is 2.13. The fourth-order valence-corrected chi connectivity index (χ4v) is 2.13. The van der Waals surface area contributed by atoms with Crippen LogP contribution in [-0.4, -0.2) is 62.4 Å². The molecule has 0 aromatic carbocycles. The Bertz CT molecular complexity index is 248. The predicted molar refractivity (Wildman–Crippen MR) is 65.9 cm³/mol. The molecule has 0 bridgehead atoms. The molecule has 5 heteroatoms. The van der Waals surface area contributed by atoms with Gasteiger partial charge in [0.1, 0.15) is 6.04 Å². The molecule has 3 unspecified atom stereocenters. The first-order valence-corrected chi connectivity index (χ1v) is 6.27. The molecular weight excluding hydrogens is 220 g/mol. The molecule has 0 saturated carbocycles. The molecule has 0 aromatic heterocycles. The summed E-state index contributed by atoms with van der Waals surface area (Å²) in [6.45, 7) is 8.77. The number of esters is 1. The van der Waals surface area contributed by atoms with Crippen molar-refractivity contribution >= 4 is 5.97 Å². The topological polar surface area (TPSA) is 50.8 Å². The first kappa shape index (κ1) is 14.4. The average Bonchev–Trinajstić information content (AvgIpc) is 2.37. The van der Waals surface area contributed by atoms with Crippen LogP contribution in [0.15, 0.2) is 0 Å². The summed E-state index contributed by atoms with van der Waals surface area (Å²) in [7, 11) is 1.70. The van der Waals surface area contributed by atoms with Gasteiger partial charge in [-0.2, -0.15) is 0 Å². The number of carbonyl (C=O) groups is 1. The number of carbonyl (C=O) groups excluding carboxylic acids is 1. The van der Waals surface area contributed by atoms with Crippen molar-refractivity contribution in [2.24, 2.45) is 0 Å². The highest BCUT2D eigenvalue weighted by Gasteiger charge is 2.34. The van der Waals surface area contributed by atoms with Crippen LogP contribution in [0.3, 0.4) is 0 Å². The maximum Gasteiger partial charge on any atom is 0.324 e. The van der Waals surface area contributed by atoms with Crippen molar-refractivity contribution in [1.82, 2.24) is 10.2 Å². The van der Waals surface area contributed by atoms with Crippen LogP contribution < -0.4 is 5.32 Å². The molecular formula is C12H24N2O3. The molecule has 1 aliphatic rings. The van der Waals surface area contributed by atoms with Crippen LogP contribution >= 0.6 is 0 Å². The number of ether oxygens (including phenoxy) is 2. The van der Waals surface area contributed by atoms with Crippen LogP contribution in [0.25, 0.3) is 0 Å². The van der Waals surface area contributed by atoms with Gasteiger partial charge in [0.05, 0.1) is 12.7 Å². The molecule has 1 fully saturated rings. The molecule has 0 aromatic rings. The number of methoxy groups -OCH3 is 1. The maximum absolute atomic E-state index is 11.9. The molecule has 0 aliphatic carbocycles. The number of hydrogen-bond donors (Lipinski definition) is 1. The van der Waals surface area contributed by atoms with Gasteiger partial charge in [0.2, 0.25) is 0 Å². The van der Waals surface area contributed by atoms with E-state index in [1.165, 1.54) is 0 Å². The van der Waals surface area contributed by atoms with Crippen LogP contribution in [0.1, 0.15) is 20.8 Å². The monoisotopic (exact) mass is 244 g/mol. The lowest BCUT2D eigenvalue weighted by molar-refractivity contribution is -0.152. The average molecular weight is 244 g/mol. The van der Waals surface area contributed by atoms with Crippen molar-refractivity contribution in [2.45, 2.75) is 39.0 Å². The third-order valence-corrected chi connectivity index (χ3v) is 3.42. The largest absolute Gasteiger partial charge is 0.465 e.